The third kappa shape index (κ3) is 4.23. The van der Waals surface area contributed by atoms with Gasteiger partial charge in [0.1, 0.15) is 5.75 Å². The Morgan fingerprint density at radius 1 is 1.35 bits per heavy atom. The summed E-state index contributed by atoms with van der Waals surface area (Å²) in [4.78, 5) is 12.0. The molecule has 1 fully saturated rings. The molecule has 4 nitrogen and oxygen atoms in total. The fourth-order valence-electron chi connectivity index (χ4n) is 2.51. The van der Waals surface area contributed by atoms with E-state index in [9.17, 15) is 4.79 Å². The molecule has 0 aromatic heterocycles. The van der Waals surface area contributed by atoms with E-state index in [0.717, 1.165) is 43.6 Å². The predicted molar refractivity (Wildman–Crippen MR) is 79.4 cm³/mol. The number of hydrogen-bond acceptors (Lipinski definition) is 3. The Bertz CT molecular complexity index is 431. The first-order valence-corrected chi connectivity index (χ1v) is 7.44. The van der Waals surface area contributed by atoms with Crippen molar-refractivity contribution < 1.29 is 9.53 Å². The largest absolute Gasteiger partial charge is 0.494 e. The fourth-order valence-corrected chi connectivity index (χ4v) is 2.51. The molecule has 2 unspecified atom stereocenters. The number of benzene rings is 1. The Morgan fingerprint density at radius 3 is 2.70 bits per heavy atom. The highest BCUT2D eigenvalue weighted by molar-refractivity contribution is 5.79. The lowest BCUT2D eigenvalue weighted by Crippen LogP contribution is -2.29. The van der Waals surface area contributed by atoms with Gasteiger partial charge in [-0.05, 0) is 43.4 Å². The van der Waals surface area contributed by atoms with E-state index >= 15 is 0 Å². The lowest BCUT2D eigenvalue weighted by molar-refractivity contribution is -0.125. The van der Waals surface area contributed by atoms with Gasteiger partial charge in [0.15, 0.2) is 0 Å². The van der Waals surface area contributed by atoms with Gasteiger partial charge in [0.05, 0.1) is 6.61 Å². The maximum Gasteiger partial charge on any atom is 0.223 e. The molecule has 0 aliphatic heterocycles. The molecule has 1 aromatic rings. The van der Waals surface area contributed by atoms with Gasteiger partial charge in [0.2, 0.25) is 5.91 Å². The normalized spacial score (nSPS) is 21.7. The van der Waals surface area contributed by atoms with Crippen LogP contribution in [0.4, 0.5) is 0 Å². The summed E-state index contributed by atoms with van der Waals surface area (Å²) in [6.45, 7) is 3.38. The number of ether oxygens (including phenoxy) is 1. The minimum Gasteiger partial charge on any atom is -0.494 e. The molecule has 0 bridgehead atoms. The summed E-state index contributed by atoms with van der Waals surface area (Å²) < 4.78 is 5.53. The molecule has 1 aliphatic rings. The highest BCUT2D eigenvalue weighted by atomic mass is 16.5. The minimum atomic E-state index is 0.0946. The molecule has 4 heteroatoms. The molecule has 1 aliphatic carbocycles. The van der Waals surface area contributed by atoms with Crippen LogP contribution in [0, 0.1) is 5.92 Å². The van der Waals surface area contributed by atoms with Crippen molar-refractivity contribution in [3.63, 3.8) is 0 Å². The van der Waals surface area contributed by atoms with Crippen molar-refractivity contribution in [2.45, 2.75) is 45.2 Å². The number of rotatable bonds is 6. The Balaban J connectivity index is 1.77. The van der Waals surface area contributed by atoms with Crippen molar-refractivity contribution in [2.24, 2.45) is 11.7 Å². The predicted octanol–water partition coefficient (Wildman–Crippen LogP) is 2.22. The molecule has 20 heavy (non-hydrogen) atoms. The third-order valence-electron chi connectivity index (χ3n) is 3.71. The Morgan fingerprint density at radius 2 is 2.10 bits per heavy atom. The third-order valence-corrected chi connectivity index (χ3v) is 3.71. The molecule has 1 aromatic carbocycles. The number of hydrogen-bond donors (Lipinski definition) is 2. The first kappa shape index (κ1) is 14.9. The van der Waals surface area contributed by atoms with Crippen LogP contribution < -0.4 is 15.8 Å². The molecule has 2 rings (SSSR count). The number of carbonyl (C=O) groups excluding carboxylic acids is 1. The Kier molecular flexibility index (Phi) is 5.41. The zero-order chi connectivity index (χ0) is 14.4. The van der Waals surface area contributed by atoms with Crippen LogP contribution in [0.15, 0.2) is 24.3 Å². The van der Waals surface area contributed by atoms with Crippen LogP contribution in [0.1, 0.15) is 38.2 Å². The van der Waals surface area contributed by atoms with Crippen LogP contribution in [0.2, 0.25) is 0 Å². The molecule has 0 radical (unpaired) electrons. The van der Waals surface area contributed by atoms with Gasteiger partial charge in [-0.15, -0.1) is 0 Å². The van der Waals surface area contributed by atoms with Crippen LogP contribution in [0.3, 0.4) is 0 Å². The van der Waals surface area contributed by atoms with E-state index in [1.807, 2.05) is 24.3 Å². The Labute approximate surface area is 120 Å². The summed E-state index contributed by atoms with van der Waals surface area (Å²) in [5, 5.41) is 2.99. The van der Waals surface area contributed by atoms with Crippen LogP contribution in [-0.4, -0.2) is 18.6 Å². The number of amides is 1. The van der Waals surface area contributed by atoms with Crippen molar-refractivity contribution in [1.29, 1.82) is 0 Å². The first-order chi connectivity index (χ1) is 9.69. The molecule has 1 amide bonds. The molecule has 110 valence electrons. The SMILES string of the molecule is CCCOc1ccc(CNC(=O)C2CCC(N)C2)cc1. The van der Waals surface area contributed by atoms with Gasteiger partial charge >= 0.3 is 0 Å². The van der Waals surface area contributed by atoms with Crippen LogP contribution >= 0.6 is 0 Å². The molecular weight excluding hydrogens is 252 g/mol. The fraction of sp³-hybridized carbons (Fsp3) is 0.562. The van der Waals surface area contributed by atoms with Gasteiger partial charge < -0.3 is 15.8 Å². The van der Waals surface area contributed by atoms with E-state index in [1.54, 1.807) is 0 Å². The highest BCUT2D eigenvalue weighted by Gasteiger charge is 2.27. The standard InChI is InChI=1S/C16H24N2O2/c1-2-9-20-15-7-3-12(4-8-15)11-18-16(19)13-5-6-14(17)10-13/h3-4,7-8,13-14H,2,5-6,9-11,17H2,1H3,(H,18,19). The molecule has 1 saturated carbocycles. The lowest BCUT2D eigenvalue weighted by Gasteiger charge is -2.11. The van der Waals surface area contributed by atoms with Gasteiger partial charge in [-0.1, -0.05) is 19.1 Å². The zero-order valence-electron chi connectivity index (χ0n) is 12.1. The van der Waals surface area contributed by atoms with Crippen molar-refractivity contribution in [1.82, 2.24) is 5.32 Å². The van der Waals surface area contributed by atoms with E-state index in [-0.39, 0.29) is 17.9 Å². The van der Waals surface area contributed by atoms with E-state index in [1.165, 1.54) is 0 Å². The highest BCUT2D eigenvalue weighted by Crippen LogP contribution is 2.24. The monoisotopic (exact) mass is 276 g/mol. The first-order valence-electron chi connectivity index (χ1n) is 7.44. The van der Waals surface area contributed by atoms with E-state index in [4.69, 9.17) is 10.5 Å². The second kappa shape index (κ2) is 7.29. The summed E-state index contributed by atoms with van der Waals surface area (Å²) >= 11 is 0. The topological polar surface area (TPSA) is 64.3 Å². The van der Waals surface area contributed by atoms with E-state index < -0.39 is 0 Å². The Hall–Kier alpha value is -1.55. The summed E-state index contributed by atoms with van der Waals surface area (Å²) in [6.07, 6.45) is 3.69. The van der Waals surface area contributed by atoms with Gasteiger partial charge in [-0.2, -0.15) is 0 Å². The summed E-state index contributed by atoms with van der Waals surface area (Å²) in [7, 11) is 0. The van der Waals surface area contributed by atoms with Gasteiger partial charge in [-0.3, -0.25) is 4.79 Å². The number of nitrogens with two attached hydrogens (primary N) is 1. The minimum absolute atomic E-state index is 0.0946. The van der Waals surface area contributed by atoms with Crippen LogP contribution in [0.5, 0.6) is 5.75 Å². The molecule has 0 spiro atoms. The number of carbonyl (C=O) groups is 1. The maximum absolute atomic E-state index is 12.0. The molecule has 0 heterocycles. The van der Waals surface area contributed by atoms with Gasteiger partial charge in [0, 0.05) is 18.5 Å². The molecule has 3 N–H and O–H groups in total. The zero-order valence-corrected chi connectivity index (χ0v) is 12.1. The lowest BCUT2D eigenvalue weighted by atomic mass is 10.1. The van der Waals surface area contributed by atoms with Gasteiger partial charge in [-0.25, -0.2) is 0 Å². The molecular formula is C16H24N2O2. The average molecular weight is 276 g/mol. The average Bonchev–Trinajstić information content (AvgIpc) is 2.90. The molecule has 2 atom stereocenters. The van der Waals surface area contributed by atoms with Crippen LogP contribution in [0.25, 0.3) is 0 Å². The summed E-state index contributed by atoms with van der Waals surface area (Å²) in [5.41, 5.74) is 6.92. The van der Waals surface area contributed by atoms with Gasteiger partial charge in [0.25, 0.3) is 0 Å². The second-order valence-electron chi connectivity index (χ2n) is 5.48. The van der Waals surface area contributed by atoms with Crippen LogP contribution in [-0.2, 0) is 11.3 Å². The van der Waals surface area contributed by atoms with Crippen molar-refractivity contribution in [3.8, 4) is 5.75 Å². The smallest absolute Gasteiger partial charge is 0.223 e. The molecule has 0 saturated heterocycles. The quantitative estimate of drug-likeness (QED) is 0.837. The maximum atomic E-state index is 12.0. The summed E-state index contributed by atoms with van der Waals surface area (Å²) in [5.74, 6) is 1.10. The van der Waals surface area contributed by atoms with E-state index in [0.29, 0.717) is 6.54 Å². The van der Waals surface area contributed by atoms with E-state index in [2.05, 4.69) is 12.2 Å². The summed E-state index contributed by atoms with van der Waals surface area (Å²) in [6, 6.07) is 8.07. The van der Waals surface area contributed by atoms with Crippen molar-refractivity contribution >= 4 is 5.91 Å². The second-order valence-corrected chi connectivity index (χ2v) is 5.48. The van der Waals surface area contributed by atoms with Crippen molar-refractivity contribution in [2.75, 3.05) is 6.61 Å². The number of nitrogens with one attached hydrogen (secondary N) is 1. The van der Waals surface area contributed by atoms with Crippen molar-refractivity contribution in [3.05, 3.63) is 29.8 Å².